The lowest BCUT2D eigenvalue weighted by Gasteiger charge is -2.18. The number of aryl methyl sites for hydroxylation is 1. The zero-order valence-corrected chi connectivity index (χ0v) is 12.3. The first-order chi connectivity index (χ1) is 9.45. The molecule has 1 amide bonds. The van der Waals surface area contributed by atoms with Crippen LogP contribution >= 0.6 is 11.6 Å². The normalized spacial score (nSPS) is 10.3. The van der Waals surface area contributed by atoms with Crippen molar-refractivity contribution in [2.75, 3.05) is 12.8 Å². The van der Waals surface area contributed by atoms with Crippen molar-refractivity contribution in [1.29, 1.82) is 0 Å². The SMILES string of the molecule is Cc1cccc(CN(C)C(=O)c2cc(N)cc(Cl)c2)c1. The monoisotopic (exact) mass is 288 g/mol. The number of carbonyl (C=O) groups excluding carboxylic acids is 1. The molecule has 0 saturated heterocycles. The van der Waals surface area contributed by atoms with E-state index in [0.717, 1.165) is 5.56 Å². The molecule has 0 aliphatic heterocycles. The molecule has 0 saturated carbocycles. The summed E-state index contributed by atoms with van der Waals surface area (Å²) in [6.07, 6.45) is 0. The molecule has 0 aliphatic carbocycles. The van der Waals surface area contributed by atoms with Gasteiger partial charge in [0.15, 0.2) is 0 Å². The van der Waals surface area contributed by atoms with Crippen LogP contribution in [0.25, 0.3) is 0 Å². The van der Waals surface area contributed by atoms with Crippen molar-refractivity contribution in [3.05, 3.63) is 64.2 Å². The van der Waals surface area contributed by atoms with E-state index in [4.69, 9.17) is 17.3 Å². The van der Waals surface area contributed by atoms with E-state index in [9.17, 15) is 4.79 Å². The molecule has 2 N–H and O–H groups in total. The van der Waals surface area contributed by atoms with Crippen LogP contribution in [0.5, 0.6) is 0 Å². The zero-order chi connectivity index (χ0) is 14.7. The lowest BCUT2D eigenvalue weighted by Crippen LogP contribution is -2.26. The molecule has 20 heavy (non-hydrogen) atoms. The fourth-order valence-electron chi connectivity index (χ4n) is 2.11. The largest absolute Gasteiger partial charge is 0.399 e. The number of amides is 1. The standard InChI is InChI=1S/C16H17ClN2O/c1-11-4-3-5-12(6-11)10-19(2)16(20)13-7-14(17)9-15(18)8-13/h3-9H,10,18H2,1-2H3. The molecule has 2 aromatic carbocycles. The van der Waals surface area contributed by atoms with Gasteiger partial charge in [-0.25, -0.2) is 0 Å². The summed E-state index contributed by atoms with van der Waals surface area (Å²) in [5, 5.41) is 0.470. The molecule has 0 spiro atoms. The molecule has 0 fully saturated rings. The molecular formula is C16H17ClN2O. The second kappa shape index (κ2) is 5.97. The van der Waals surface area contributed by atoms with Gasteiger partial charge in [0.25, 0.3) is 5.91 Å². The molecule has 104 valence electrons. The minimum Gasteiger partial charge on any atom is -0.399 e. The Morgan fingerprint density at radius 2 is 2.00 bits per heavy atom. The first kappa shape index (κ1) is 14.4. The molecule has 0 heterocycles. The van der Waals surface area contributed by atoms with Gasteiger partial charge in [0.05, 0.1) is 0 Å². The summed E-state index contributed by atoms with van der Waals surface area (Å²) in [6, 6.07) is 13.0. The van der Waals surface area contributed by atoms with Crippen LogP contribution in [0.3, 0.4) is 0 Å². The number of nitrogen functional groups attached to an aromatic ring is 1. The third-order valence-electron chi connectivity index (χ3n) is 3.02. The number of benzene rings is 2. The van der Waals surface area contributed by atoms with Crippen molar-refractivity contribution in [1.82, 2.24) is 4.90 Å². The van der Waals surface area contributed by atoms with Crippen LogP contribution in [0.1, 0.15) is 21.5 Å². The van der Waals surface area contributed by atoms with Crippen molar-refractivity contribution in [2.24, 2.45) is 0 Å². The number of hydrogen-bond donors (Lipinski definition) is 1. The van der Waals surface area contributed by atoms with E-state index in [-0.39, 0.29) is 5.91 Å². The molecule has 0 aliphatic rings. The van der Waals surface area contributed by atoms with Gasteiger partial charge in [-0.15, -0.1) is 0 Å². The number of nitrogens with two attached hydrogens (primary N) is 1. The van der Waals surface area contributed by atoms with Gasteiger partial charge in [-0.3, -0.25) is 4.79 Å². The summed E-state index contributed by atoms with van der Waals surface area (Å²) in [5.74, 6) is -0.0966. The van der Waals surface area contributed by atoms with E-state index in [1.165, 1.54) is 5.56 Å². The number of carbonyl (C=O) groups is 1. The van der Waals surface area contributed by atoms with Gasteiger partial charge in [-0.05, 0) is 30.7 Å². The summed E-state index contributed by atoms with van der Waals surface area (Å²) >= 11 is 5.93. The van der Waals surface area contributed by atoms with Gasteiger partial charge in [-0.1, -0.05) is 41.4 Å². The first-order valence-corrected chi connectivity index (χ1v) is 6.70. The van der Waals surface area contributed by atoms with Crippen molar-refractivity contribution in [3.8, 4) is 0 Å². The average Bonchev–Trinajstić information content (AvgIpc) is 2.36. The van der Waals surface area contributed by atoms with Crippen molar-refractivity contribution < 1.29 is 4.79 Å². The first-order valence-electron chi connectivity index (χ1n) is 6.33. The van der Waals surface area contributed by atoms with E-state index in [1.54, 1.807) is 30.1 Å². The molecular weight excluding hydrogens is 272 g/mol. The van der Waals surface area contributed by atoms with Crippen LogP contribution in [0.4, 0.5) is 5.69 Å². The Labute approximate surface area is 124 Å². The van der Waals surface area contributed by atoms with E-state index in [2.05, 4.69) is 6.07 Å². The molecule has 3 nitrogen and oxygen atoms in total. The number of nitrogens with zero attached hydrogens (tertiary/aromatic N) is 1. The van der Waals surface area contributed by atoms with Crippen LogP contribution in [-0.4, -0.2) is 17.9 Å². The highest BCUT2D eigenvalue weighted by atomic mass is 35.5. The average molecular weight is 289 g/mol. The Hall–Kier alpha value is -2.00. The smallest absolute Gasteiger partial charge is 0.254 e. The summed E-state index contributed by atoms with van der Waals surface area (Å²) in [5.41, 5.74) is 8.98. The number of anilines is 1. The highest BCUT2D eigenvalue weighted by Gasteiger charge is 2.13. The number of hydrogen-bond acceptors (Lipinski definition) is 2. The molecule has 0 atom stereocenters. The predicted octanol–water partition coefficient (Wildman–Crippen LogP) is 3.50. The van der Waals surface area contributed by atoms with E-state index < -0.39 is 0 Å². The Morgan fingerprint density at radius 1 is 1.25 bits per heavy atom. The van der Waals surface area contributed by atoms with Crippen LogP contribution in [0, 0.1) is 6.92 Å². The minimum absolute atomic E-state index is 0.0966. The minimum atomic E-state index is -0.0966. The quantitative estimate of drug-likeness (QED) is 0.879. The van der Waals surface area contributed by atoms with Gasteiger partial charge in [-0.2, -0.15) is 0 Å². The lowest BCUT2D eigenvalue weighted by atomic mass is 10.1. The maximum Gasteiger partial charge on any atom is 0.254 e. The lowest BCUT2D eigenvalue weighted by molar-refractivity contribution is 0.0785. The third kappa shape index (κ3) is 3.52. The number of rotatable bonds is 3. The Kier molecular flexibility index (Phi) is 4.30. The third-order valence-corrected chi connectivity index (χ3v) is 3.23. The second-order valence-electron chi connectivity index (χ2n) is 4.92. The fraction of sp³-hybridized carbons (Fsp3) is 0.188. The summed E-state index contributed by atoms with van der Waals surface area (Å²) in [7, 11) is 1.77. The topological polar surface area (TPSA) is 46.3 Å². The van der Waals surface area contributed by atoms with Gasteiger partial charge in [0.2, 0.25) is 0 Å². The molecule has 4 heteroatoms. The molecule has 0 radical (unpaired) electrons. The van der Waals surface area contributed by atoms with Crippen molar-refractivity contribution >= 4 is 23.2 Å². The van der Waals surface area contributed by atoms with Crippen LogP contribution in [-0.2, 0) is 6.54 Å². The van der Waals surface area contributed by atoms with Gasteiger partial charge < -0.3 is 10.6 Å². The van der Waals surface area contributed by atoms with E-state index >= 15 is 0 Å². The van der Waals surface area contributed by atoms with Crippen LogP contribution in [0.15, 0.2) is 42.5 Å². The molecule has 0 bridgehead atoms. The van der Waals surface area contributed by atoms with Crippen molar-refractivity contribution in [3.63, 3.8) is 0 Å². The summed E-state index contributed by atoms with van der Waals surface area (Å²) in [4.78, 5) is 14.0. The van der Waals surface area contributed by atoms with Crippen LogP contribution in [0.2, 0.25) is 5.02 Å². The Bertz CT molecular complexity index is 620. The molecule has 2 aromatic rings. The van der Waals surface area contributed by atoms with Gasteiger partial charge >= 0.3 is 0 Å². The maximum atomic E-state index is 12.4. The highest BCUT2D eigenvalue weighted by molar-refractivity contribution is 6.31. The zero-order valence-electron chi connectivity index (χ0n) is 11.6. The summed E-state index contributed by atoms with van der Waals surface area (Å²) in [6.45, 7) is 2.58. The van der Waals surface area contributed by atoms with Crippen molar-refractivity contribution in [2.45, 2.75) is 13.5 Å². The molecule has 0 aromatic heterocycles. The predicted molar refractivity (Wildman–Crippen MR) is 82.8 cm³/mol. The van der Waals surface area contributed by atoms with Gasteiger partial charge in [0.1, 0.15) is 0 Å². The number of halogens is 1. The van der Waals surface area contributed by atoms with E-state index in [1.807, 2.05) is 25.1 Å². The van der Waals surface area contributed by atoms with Gasteiger partial charge in [0, 0.05) is 29.9 Å². The maximum absolute atomic E-state index is 12.4. The Balaban J connectivity index is 2.16. The Morgan fingerprint density at radius 3 is 2.65 bits per heavy atom. The van der Waals surface area contributed by atoms with Crippen LogP contribution < -0.4 is 5.73 Å². The summed E-state index contributed by atoms with van der Waals surface area (Å²) < 4.78 is 0. The second-order valence-corrected chi connectivity index (χ2v) is 5.36. The molecule has 2 rings (SSSR count). The van der Waals surface area contributed by atoms with E-state index in [0.29, 0.717) is 22.8 Å². The fourth-order valence-corrected chi connectivity index (χ4v) is 2.36. The molecule has 0 unspecified atom stereocenters. The highest BCUT2D eigenvalue weighted by Crippen LogP contribution is 2.18.